The Morgan fingerprint density at radius 3 is 2.80 bits per heavy atom. The first kappa shape index (κ1) is 14.7. The van der Waals surface area contributed by atoms with E-state index in [-0.39, 0.29) is 0 Å². The molecule has 0 aliphatic heterocycles. The lowest BCUT2D eigenvalue weighted by atomic mass is 9.95. The molecule has 0 saturated heterocycles. The molecular weight excluding hydrogens is 244 g/mol. The minimum Gasteiger partial charge on any atom is -0.398 e. The van der Waals surface area contributed by atoms with Gasteiger partial charge in [0.05, 0.1) is 0 Å². The number of benzene rings is 1. The molecule has 0 radical (unpaired) electrons. The number of nitrogens with one attached hydrogen (secondary N) is 1. The summed E-state index contributed by atoms with van der Waals surface area (Å²) in [6.45, 7) is 6.86. The van der Waals surface area contributed by atoms with Crippen molar-refractivity contribution in [1.29, 1.82) is 0 Å². The van der Waals surface area contributed by atoms with Gasteiger partial charge in [-0.25, -0.2) is 0 Å². The molecule has 0 unspecified atom stereocenters. The molecule has 0 atom stereocenters. The summed E-state index contributed by atoms with van der Waals surface area (Å²) < 4.78 is 0. The van der Waals surface area contributed by atoms with E-state index in [9.17, 15) is 0 Å². The molecule has 0 bridgehead atoms. The zero-order chi connectivity index (χ0) is 14.4. The van der Waals surface area contributed by atoms with Gasteiger partial charge in [-0.3, -0.25) is 0 Å². The standard InChI is InChI=1S/C18H26N2/c1-3-20-14-13-18(11-12-18)10-5-4-8-16-15(2)7-6-9-17(16)19/h3-4,6-9,20H,1,5,10-14,19H2,2H3/b8-4+. The number of aryl methyl sites for hydroxylation is 1. The molecule has 108 valence electrons. The SMILES string of the molecule is C=CNCCC1(CC/C=C/c2c(C)cccc2N)CC1. The molecule has 1 saturated carbocycles. The average Bonchev–Trinajstić information content (AvgIpc) is 3.18. The predicted molar refractivity (Wildman–Crippen MR) is 88.3 cm³/mol. The summed E-state index contributed by atoms with van der Waals surface area (Å²) in [5.41, 5.74) is 9.90. The maximum Gasteiger partial charge on any atom is 0.0390 e. The monoisotopic (exact) mass is 270 g/mol. The van der Waals surface area contributed by atoms with E-state index in [4.69, 9.17) is 5.73 Å². The molecule has 1 aliphatic carbocycles. The second kappa shape index (κ2) is 6.65. The highest BCUT2D eigenvalue weighted by atomic mass is 14.8. The number of hydrogen-bond donors (Lipinski definition) is 2. The van der Waals surface area contributed by atoms with Gasteiger partial charge in [0.25, 0.3) is 0 Å². The fourth-order valence-corrected chi connectivity index (χ4v) is 2.76. The molecule has 0 amide bonds. The van der Waals surface area contributed by atoms with Gasteiger partial charge in [-0.05, 0) is 67.8 Å². The van der Waals surface area contributed by atoms with Gasteiger partial charge in [0.1, 0.15) is 0 Å². The number of rotatable bonds is 8. The van der Waals surface area contributed by atoms with E-state index in [1.54, 1.807) is 6.20 Å². The molecule has 1 aliphatic rings. The molecular formula is C18H26N2. The summed E-state index contributed by atoms with van der Waals surface area (Å²) in [4.78, 5) is 0. The summed E-state index contributed by atoms with van der Waals surface area (Å²) >= 11 is 0. The first-order chi connectivity index (χ1) is 9.67. The van der Waals surface area contributed by atoms with Crippen LogP contribution < -0.4 is 11.1 Å². The highest BCUT2D eigenvalue weighted by Crippen LogP contribution is 2.52. The Morgan fingerprint density at radius 2 is 2.15 bits per heavy atom. The van der Waals surface area contributed by atoms with Crippen LogP contribution in [0, 0.1) is 12.3 Å². The van der Waals surface area contributed by atoms with Gasteiger partial charge in [0, 0.05) is 12.2 Å². The molecule has 1 aromatic rings. The van der Waals surface area contributed by atoms with Gasteiger partial charge in [-0.15, -0.1) is 0 Å². The second-order valence-corrected chi connectivity index (χ2v) is 5.93. The van der Waals surface area contributed by atoms with Gasteiger partial charge in [-0.1, -0.05) is 30.9 Å². The van der Waals surface area contributed by atoms with Crippen LogP contribution in [0.25, 0.3) is 6.08 Å². The number of anilines is 1. The fraction of sp³-hybridized carbons (Fsp3) is 0.444. The topological polar surface area (TPSA) is 38.0 Å². The van der Waals surface area contributed by atoms with E-state index in [0.717, 1.165) is 18.7 Å². The number of hydrogen-bond acceptors (Lipinski definition) is 2. The minimum atomic E-state index is 0.595. The molecule has 0 aromatic heterocycles. The van der Waals surface area contributed by atoms with E-state index >= 15 is 0 Å². The third-order valence-corrected chi connectivity index (χ3v) is 4.38. The largest absolute Gasteiger partial charge is 0.398 e. The van der Waals surface area contributed by atoms with Crippen LogP contribution in [0.15, 0.2) is 37.1 Å². The number of allylic oxidation sites excluding steroid dienone is 1. The van der Waals surface area contributed by atoms with Crippen LogP contribution in [-0.2, 0) is 0 Å². The van der Waals surface area contributed by atoms with E-state index in [1.165, 1.54) is 36.8 Å². The fourth-order valence-electron chi connectivity index (χ4n) is 2.76. The van der Waals surface area contributed by atoms with Crippen molar-refractivity contribution in [2.75, 3.05) is 12.3 Å². The lowest BCUT2D eigenvalue weighted by Gasteiger charge is -2.13. The molecule has 0 spiro atoms. The van der Waals surface area contributed by atoms with Gasteiger partial charge in [0.15, 0.2) is 0 Å². The Bertz CT molecular complexity index is 464. The predicted octanol–water partition coefficient (Wildman–Crippen LogP) is 4.27. The van der Waals surface area contributed by atoms with Crippen molar-refractivity contribution in [3.05, 3.63) is 48.2 Å². The first-order valence-electron chi connectivity index (χ1n) is 7.53. The normalized spacial score (nSPS) is 16.2. The summed E-state index contributed by atoms with van der Waals surface area (Å²) in [7, 11) is 0. The van der Waals surface area contributed by atoms with Crippen LogP contribution in [0.5, 0.6) is 0 Å². The summed E-state index contributed by atoms with van der Waals surface area (Å²) in [6, 6.07) is 6.09. The van der Waals surface area contributed by atoms with Crippen LogP contribution in [0.3, 0.4) is 0 Å². The maximum absolute atomic E-state index is 6.01. The highest BCUT2D eigenvalue weighted by Gasteiger charge is 2.40. The van der Waals surface area contributed by atoms with Crippen molar-refractivity contribution in [1.82, 2.24) is 5.32 Å². The molecule has 1 fully saturated rings. The number of nitrogen functional groups attached to an aromatic ring is 1. The van der Waals surface area contributed by atoms with E-state index in [1.807, 2.05) is 12.1 Å². The van der Waals surface area contributed by atoms with Crippen molar-refractivity contribution in [3.63, 3.8) is 0 Å². The van der Waals surface area contributed by atoms with Crippen LogP contribution in [-0.4, -0.2) is 6.54 Å². The van der Waals surface area contributed by atoms with Crippen molar-refractivity contribution in [2.24, 2.45) is 5.41 Å². The van der Waals surface area contributed by atoms with Gasteiger partial charge in [0.2, 0.25) is 0 Å². The van der Waals surface area contributed by atoms with E-state index in [2.05, 4.69) is 37.0 Å². The van der Waals surface area contributed by atoms with Crippen LogP contribution in [0.2, 0.25) is 0 Å². The van der Waals surface area contributed by atoms with Crippen LogP contribution >= 0.6 is 0 Å². The summed E-state index contributed by atoms with van der Waals surface area (Å²) in [5.74, 6) is 0. The number of nitrogens with two attached hydrogens (primary N) is 1. The third kappa shape index (κ3) is 3.89. The Morgan fingerprint density at radius 1 is 1.35 bits per heavy atom. The Balaban J connectivity index is 1.81. The summed E-state index contributed by atoms with van der Waals surface area (Å²) in [6.07, 6.45) is 12.7. The van der Waals surface area contributed by atoms with Crippen LogP contribution in [0.1, 0.15) is 43.2 Å². The molecule has 20 heavy (non-hydrogen) atoms. The molecule has 0 heterocycles. The van der Waals surface area contributed by atoms with Gasteiger partial charge in [-0.2, -0.15) is 0 Å². The highest BCUT2D eigenvalue weighted by molar-refractivity contribution is 5.67. The zero-order valence-corrected chi connectivity index (χ0v) is 12.5. The van der Waals surface area contributed by atoms with Crippen LogP contribution in [0.4, 0.5) is 5.69 Å². The van der Waals surface area contributed by atoms with Gasteiger partial charge < -0.3 is 11.1 Å². The van der Waals surface area contributed by atoms with Crippen molar-refractivity contribution >= 4 is 11.8 Å². The minimum absolute atomic E-state index is 0.595. The Labute approximate surface area is 122 Å². The van der Waals surface area contributed by atoms with Crippen molar-refractivity contribution in [3.8, 4) is 0 Å². The Kier molecular flexibility index (Phi) is 4.89. The Hall–Kier alpha value is -1.70. The smallest absolute Gasteiger partial charge is 0.0390 e. The third-order valence-electron chi connectivity index (χ3n) is 4.38. The molecule has 2 rings (SSSR count). The first-order valence-corrected chi connectivity index (χ1v) is 7.53. The lowest BCUT2D eigenvalue weighted by molar-refractivity contribution is 0.429. The maximum atomic E-state index is 6.01. The molecule has 1 aromatic carbocycles. The van der Waals surface area contributed by atoms with E-state index in [0.29, 0.717) is 5.41 Å². The molecule has 2 heteroatoms. The van der Waals surface area contributed by atoms with E-state index < -0.39 is 0 Å². The lowest BCUT2D eigenvalue weighted by Crippen LogP contribution is -2.12. The second-order valence-electron chi connectivity index (χ2n) is 5.93. The zero-order valence-electron chi connectivity index (χ0n) is 12.5. The van der Waals surface area contributed by atoms with Crippen molar-refractivity contribution in [2.45, 2.75) is 39.0 Å². The molecule has 3 N–H and O–H groups in total. The van der Waals surface area contributed by atoms with Crippen molar-refractivity contribution < 1.29 is 0 Å². The average molecular weight is 270 g/mol. The quantitative estimate of drug-likeness (QED) is 0.547. The van der Waals surface area contributed by atoms with Gasteiger partial charge >= 0.3 is 0 Å². The summed E-state index contributed by atoms with van der Waals surface area (Å²) in [5, 5.41) is 3.20. The molecule has 2 nitrogen and oxygen atoms in total.